The second-order valence-electron chi connectivity index (χ2n) is 13.7. The third-order valence-corrected chi connectivity index (χ3v) is 10.1. The number of hydrogen-bond donors (Lipinski definition) is 1. The molecule has 0 fully saturated rings. The number of aryl methyl sites for hydroxylation is 1. The number of carbonyl (C=O) groups is 1. The van der Waals surface area contributed by atoms with Gasteiger partial charge in [0.1, 0.15) is 0 Å². The Kier molecular flexibility index (Phi) is 7.71. The van der Waals surface area contributed by atoms with E-state index in [1.807, 2.05) is 13.0 Å². The molecule has 39 heavy (non-hydrogen) atoms. The van der Waals surface area contributed by atoms with Crippen LogP contribution in [0.3, 0.4) is 0 Å². The monoisotopic (exact) mass is 536 g/mol. The normalized spacial score (nSPS) is 15.5. The molecule has 0 aliphatic heterocycles. The summed E-state index contributed by atoms with van der Waals surface area (Å²) in [7, 11) is -1.76. The molecule has 0 saturated heterocycles. The van der Waals surface area contributed by atoms with E-state index >= 15 is 0 Å². The molecule has 204 valence electrons. The van der Waals surface area contributed by atoms with Gasteiger partial charge in [0.05, 0.1) is 13.6 Å². The molecule has 1 aliphatic rings. The second kappa shape index (κ2) is 10.4. The Labute approximate surface area is 236 Å². The van der Waals surface area contributed by atoms with Gasteiger partial charge in [-0.05, 0) is 80.3 Å². The van der Waals surface area contributed by atoms with Crippen molar-refractivity contribution in [1.82, 2.24) is 0 Å². The van der Waals surface area contributed by atoms with Crippen LogP contribution in [0.5, 0.6) is 0 Å². The van der Waals surface area contributed by atoms with Crippen molar-refractivity contribution >= 4 is 30.9 Å². The predicted molar refractivity (Wildman–Crippen MR) is 170 cm³/mol. The Morgan fingerprint density at radius 3 is 2.21 bits per heavy atom. The largest absolute Gasteiger partial charge is 0.478 e. The van der Waals surface area contributed by atoms with E-state index in [-0.39, 0.29) is 10.8 Å². The Morgan fingerprint density at radius 2 is 1.64 bits per heavy atom. The number of hydrogen-bond acceptors (Lipinski definition) is 1. The lowest BCUT2D eigenvalue weighted by Crippen LogP contribution is -2.23. The molecule has 0 heterocycles. The van der Waals surface area contributed by atoms with E-state index in [0.717, 1.165) is 17.5 Å². The molecule has 0 radical (unpaired) electrons. The molecule has 2 nitrogen and oxygen atoms in total. The maximum atomic E-state index is 11.7. The fraction of sp³-hybridized carbons (Fsp3) is 0.361. The Morgan fingerprint density at radius 1 is 0.974 bits per heavy atom. The first-order valence-corrected chi connectivity index (χ1v) is 17.7. The predicted octanol–water partition coefficient (Wildman–Crippen LogP) is 9.78. The van der Waals surface area contributed by atoms with Crippen molar-refractivity contribution in [3.05, 3.63) is 111 Å². The molecule has 0 spiro atoms. The van der Waals surface area contributed by atoms with E-state index in [1.54, 1.807) is 6.07 Å². The van der Waals surface area contributed by atoms with Crippen LogP contribution in [0.4, 0.5) is 0 Å². The van der Waals surface area contributed by atoms with E-state index < -0.39 is 14.0 Å². The minimum absolute atomic E-state index is 0.0801. The highest BCUT2D eigenvalue weighted by molar-refractivity contribution is 6.94. The summed E-state index contributed by atoms with van der Waals surface area (Å²) in [6.07, 6.45) is 6.48. The molecule has 3 aromatic rings. The minimum atomic E-state index is -1.76. The summed E-state index contributed by atoms with van der Waals surface area (Å²) in [5.41, 5.74) is 10.5. The number of rotatable bonds is 6. The van der Waals surface area contributed by atoms with E-state index in [1.165, 1.54) is 38.6 Å². The van der Waals surface area contributed by atoms with Crippen molar-refractivity contribution in [2.75, 3.05) is 0 Å². The standard InChI is InChI=1S/C36H44O2Si/c1-10-25-23-27(14-17-30(25)34(37)38)33(39(7,8)9)22-24-11-18-32-31(21-24)29(19-20-36(32,5)6)26-12-15-28(16-13-26)35(2,3)4/h11-19,21-23H,10,20H2,1-9H3,(H,37,38). The number of carboxylic acids is 1. The van der Waals surface area contributed by atoms with Gasteiger partial charge in [0.2, 0.25) is 0 Å². The van der Waals surface area contributed by atoms with Gasteiger partial charge in [-0.2, -0.15) is 0 Å². The first-order chi connectivity index (χ1) is 18.1. The molecular formula is C36H44O2Si. The third kappa shape index (κ3) is 6.04. The van der Waals surface area contributed by atoms with Crippen molar-refractivity contribution in [3.8, 4) is 0 Å². The number of fused-ring (bicyclic) bond motifs is 1. The highest BCUT2D eigenvalue weighted by Gasteiger charge is 2.29. The van der Waals surface area contributed by atoms with Crippen LogP contribution in [0.1, 0.15) is 97.3 Å². The van der Waals surface area contributed by atoms with E-state index in [9.17, 15) is 9.90 Å². The van der Waals surface area contributed by atoms with Gasteiger partial charge >= 0.3 is 5.97 Å². The summed E-state index contributed by atoms with van der Waals surface area (Å²) in [5.74, 6) is -0.857. The smallest absolute Gasteiger partial charge is 0.335 e. The average Bonchev–Trinajstić information content (AvgIpc) is 2.85. The van der Waals surface area contributed by atoms with Crippen molar-refractivity contribution in [3.63, 3.8) is 0 Å². The Balaban J connectivity index is 1.84. The van der Waals surface area contributed by atoms with Gasteiger partial charge in [-0.3, -0.25) is 0 Å². The van der Waals surface area contributed by atoms with E-state index in [4.69, 9.17) is 0 Å². The Hall–Kier alpha value is -3.17. The van der Waals surface area contributed by atoms with Crippen LogP contribution in [0.2, 0.25) is 19.6 Å². The minimum Gasteiger partial charge on any atom is -0.478 e. The third-order valence-electron chi connectivity index (χ3n) is 8.09. The summed E-state index contributed by atoms with van der Waals surface area (Å²) in [6, 6.07) is 21.9. The fourth-order valence-corrected chi connectivity index (χ4v) is 7.25. The quantitative estimate of drug-likeness (QED) is 0.251. The summed E-state index contributed by atoms with van der Waals surface area (Å²) in [6.45, 7) is 20.5. The van der Waals surface area contributed by atoms with Crippen molar-refractivity contribution in [2.45, 2.75) is 84.9 Å². The SMILES string of the molecule is CCc1cc(C(=Cc2ccc3c(c2)C(c2ccc(C(C)(C)C)cc2)=CCC3(C)C)[Si](C)(C)C)ccc1C(=O)O. The zero-order valence-electron chi connectivity index (χ0n) is 25.2. The topological polar surface area (TPSA) is 37.3 Å². The molecule has 1 N–H and O–H groups in total. The van der Waals surface area contributed by atoms with Crippen molar-refractivity contribution in [1.29, 1.82) is 0 Å². The molecule has 0 unspecified atom stereocenters. The van der Waals surface area contributed by atoms with Gasteiger partial charge in [0.25, 0.3) is 0 Å². The van der Waals surface area contributed by atoms with Crippen molar-refractivity contribution < 1.29 is 9.90 Å². The zero-order chi connectivity index (χ0) is 28.8. The molecule has 0 aromatic heterocycles. The second-order valence-corrected chi connectivity index (χ2v) is 18.7. The number of allylic oxidation sites excluding steroid dienone is 1. The van der Waals surface area contributed by atoms with Crippen LogP contribution in [0.25, 0.3) is 16.8 Å². The van der Waals surface area contributed by atoms with Gasteiger partial charge < -0.3 is 5.11 Å². The number of benzene rings is 3. The van der Waals surface area contributed by atoms with Gasteiger partial charge in [-0.15, -0.1) is 0 Å². The van der Waals surface area contributed by atoms with E-state index in [2.05, 4.69) is 115 Å². The van der Waals surface area contributed by atoms with Gasteiger partial charge in [-0.1, -0.05) is 127 Å². The zero-order valence-corrected chi connectivity index (χ0v) is 26.2. The van der Waals surface area contributed by atoms with Crippen LogP contribution in [-0.4, -0.2) is 19.1 Å². The van der Waals surface area contributed by atoms with Gasteiger partial charge in [0, 0.05) is 0 Å². The van der Waals surface area contributed by atoms with Gasteiger partial charge in [-0.25, -0.2) is 4.79 Å². The molecular weight excluding hydrogens is 492 g/mol. The van der Waals surface area contributed by atoms with Crippen LogP contribution >= 0.6 is 0 Å². The highest BCUT2D eigenvalue weighted by atomic mass is 28.3. The van der Waals surface area contributed by atoms with Crippen LogP contribution in [-0.2, 0) is 17.3 Å². The van der Waals surface area contributed by atoms with Crippen LogP contribution in [0.15, 0.2) is 66.7 Å². The molecule has 1 aliphatic carbocycles. The Bertz CT molecular complexity index is 1460. The number of carboxylic acid groups (broad SMARTS) is 1. The first-order valence-electron chi connectivity index (χ1n) is 14.2. The molecule has 0 atom stereocenters. The lowest BCUT2D eigenvalue weighted by Gasteiger charge is -2.33. The van der Waals surface area contributed by atoms with Crippen molar-refractivity contribution in [2.24, 2.45) is 0 Å². The summed E-state index contributed by atoms with van der Waals surface area (Å²) < 4.78 is 0. The highest BCUT2D eigenvalue weighted by Crippen LogP contribution is 2.42. The van der Waals surface area contributed by atoms with Crippen LogP contribution < -0.4 is 0 Å². The summed E-state index contributed by atoms with van der Waals surface area (Å²) in [4.78, 5) is 11.7. The lowest BCUT2D eigenvalue weighted by atomic mass is 9.71. The van der Waals surface area contributed by atoms with E-state index in [0.29, 0.717) is 12.0 Å². The molecule has 3 aromatic carbocycles. The van der Waals surface area contributed by atoms with Crippen LogP contribution in [0, 0.1) is 0 Å². The summed E-state index contributed by atoms with van der Waals surface area (Å²) >= 11 is 0. The molecule has 0 amide bonds. The fourth-order valence-electron chi connectivity index (χ4n) is 5.63. The summed E-state index contributed by atoms with van der Waals surface area (Å²) in [5, 5.41) is 11.0. The molecule has 4 rings (SSSR count). The first kappa shape index (κ1) is 28.8. The molecule has 3 heteroatoms. The lowest BCUT2D eigenvalue weighted by molar-refractivity contribution is 0.0695. The van der Waals surface area contributed by atoms with Gasteiger partial charge in [0.15, 0.2) is 0 Å². The maximum Gasteiger partial charge on any atom is 0.335 e. The number of aromatic carboxylic acids is 1. The molecule has 0 bridgehead atoms. The molecule has 0 saturated carbocycles. The maximum absolute atomic E-state index is 11.7. The average molecular weight is 537 g/mol.